The van der Waals surface area contributed by atoms with Gasteiger partial charge in [-0.3, -0.25) is 0 Å². The minimum absolute atomic E-state index is 0.276. The topological polar surface area (TPSA) is 0 Å². The van der Waals surface area contributed by atoms with Gasteiger partial charge in [-0.15, -0.1) is 0 Å². The molecular formula is C10H5ClF7. The van der Waals surface area contributed by atoms with Crippen LogP contribution < -0.4 is 0 Å². The predicted octanol–water partition coefficient (Wildman–Crippen LogP) is 4.74. The van der Waals surface area contributed by atoms with E-state index in [0.717, 1.165) is 13.0 Å². The van der Waals surface area contributed by atoms with Crippen LogP contribution in [0.2, 0.25) is 5.02 Å². The summed E-state index contributed by atoms with van der Waals surface area (Å²) < 4.78 is 88.4. The summed E-state index contributed by atoms with van der Waals surface area (Å²) in [7, 11) is 0. The summed E-state index contributed by atoms with van der Waals surface area (Å²) in [5.74, 6) is 0. The highest BCUT2D eigenvalue weighted by Crippen LogP contribution is 2.54. The Morgan fingerprint density at radius 1 is 1.00 bits per heavy atom. The van der Waals surface area contributed by atoms with E-state index in [9.17, 15) is 30.7 Å². The fraction of sp³-hybridized carbons (Fsp3) is 0.400. The van der Waals surface area contributed by atoms with Gasteiger partial charge in [-0.25, -0.2) is 4.39 Å². The monoisotopic (exact) mass is 293 g/mol. The molecule has 0 heterocycles. The van der Waals surface area contributed by atoms with Gasteiger partial charge in [-0.1, -0.05) is 11.6 Å². The summed E-state index contributed by atoms with van der Waals surface area (Å²) in [6.07, 6.45) is -12.3. The van der Waals surface area contributed by atoms with E-state index in [1.807, 2.05) is 0 Å². The first-order valence-electron chi connectivity index (χ1n) is 4.42. The molecule has 0 aliphatic carbocycles. The van der Waals surface area contributed by atoms with E-state index >= 15 is 0 Å². The quantitative estimate of drug-likeness (QED) is 0.656. The van der Waals surface area contributed by atoms with Gasteiger partial charge >= 0.3 is 18.0 Å². The minimum atomic E-state index is -6.14. The molecule has 0 spiro atoms. The standard InChI is InChI=1S/C10H5ClF7/c1-5-2-3-6(11)4-7(5)8(12,9(13,14)15)10(16,17)18/h2,4H,1H3. The predicted molar refractivity (Wildman–Crippen MR) is 49.9 cm³/mol. The van der Waals surface area contributed by atoms with Gasteiger partial charge in [0, 0.05) is 16.7 Å². The van der Waals surface area contributed by atoms with Crippen LogP contribution in [0, 0.1) is 13.0 Å². The fourth-order valence-corrected chi connectivity index (χ4v) is 1.54. The lowest BCUT2D eigenvalue weighted by atomic mass is 9.90. The largest absolute Gasteiger partial charge is 0.435 e. The number of benzene rings is 1. The zero-order valence-corrected chi connectivity index (χ0v) is 9.43. The Morgan fingerprint density at radius 3 is 1.83 bits per heavy atom. The van der Waals surface area contributed by atoms with Gasteiger partial charge in [0.1, 0.15) is 0 Å². The van der Waals surface area contributed by atoms with E-state index in [1.54, 1.807) is 0 Å². The number of hydrogen-bond donors (Lipinski definition) is 0. The van der Waals surface area contributed by atoms with Crippen LogP contribution >= 0.6 is 11.6 Å². The molecule has 8 heteroatoms. The fourth-order valence-electron chi connectivity index (χ4n) is 1.37. The van der Waals surface area contributed by atoms with Crippen molar-refractivity contribution < 1.29 is 30.7 Å². The second-order valence-electron chi connectivity index (χ2n) is 3.53. The van der Waals surface area contributed by atoms with E-state index in [4.69, 9.17) is 11.6 Å². The Bertz CT molecular complexity index is 433. The molecule has 0 aromatic heterocycles. The minimum Gasteiger partial charge on any atom is -0.218 e. The molecule has 0 unspecified atom stereocenters. The second kappa shape index (κ2) is 4.29. The Kier molecular flexibility index (Phi) is 3.60. The van der Waals surface area contributed by atoms with E-state index in [2.05, 4.69) is 6.07 Å². The number of hydrogen-bond acceptors (Lipinski definition) is 0. The number of halogens is 8. The molecule has 101 valence electrons. The molecule has 0 N–H and O–H groups in total. The summed E-state index contributed by atoms with van der Waals surface area (Å²) in [5, 5.41) is -0.536. The van der Waals surface area contributed by atoms with Crippen molar-refractivity contribution >= 4 is 11.6 Å². The van der Waals surface area contributed by atoms with Gasteiger partial charge in [0.05, 0.1) is 0 Å². The smallest absolute Gasteiger partial charge is 0.218 e. The van der Waals surface area contributed by atoms with Crippen LogP contribution in [0.25, 0.3) is 0 Å². The van der Waals surface area contributed by atoms with E-state index < -0.39 is 34.2 Å². The molecule has 0 saturated heterocycles. The first kappa shape index (κ1) is 15.1. The third kappa shape index (κ3) is 2.28. The van der Waals surface area contributed by atoms with E-state index in [1.165, 1.54) is 0 Å². The highest BCUT2D eigenvalue weighted by Gasteiger charge is 2.73. The molecule has 0 fully saturated rings. The molecular weight excluding hydrogens is 289 g/mol. The molecule has 1 aromatic carbocycles. The Balaban J connectivity index is 3.61. The SMILES string of the molecule is Cc1c[c]c(Cl)cc1C(F)(C(F)(F)F)C(F)(F)F. The van der Waals surface area contributed by atoms with Crippen molar-refractivity contribution in [1.82, 2.24) is 0 Å². The molecule has 1 rings (SSSR count). The lowest BCUT2D eigenvalue weighted by Crippen LogP contribution is -2.50. The average Bonchev–Trinajstić information content (AvgIpc) is 2.17. The molecule has 1 radical (unpaired) electrons. The summed E-state index contributed by atoms with van der Waals surface area (Å²) >= 11 is 5.27. The maximum absolute atomic E-state index is 13.7. The van der Waals surface area contributed by atoms with Crippen molar-refractivity contribution in [3.8, 4) is 0 Å². The molecule has 0 aliphatic heterocycles. The number of alkyl halides is 7. The van der Waals surface area contributed by atoms with E-state index in [-0.39, 0.29) is 6.07 Å². The molecule has 0 aliphatic rings. The Labute approximate surface area is 102 Å². The lowest BCUT2D eigenvalue weighted by molar-refractivity contribution is -0.348. The van der Waals surface area contributed by atoms with Crippen LogP contribution in [-0.4, -0.2) is 12.4 Å². The third-order valence-electron chi connectivity index (χ3n) is 2.27. The van der Waals surface area contributed by atoms with Crippen LogP contribution in [0.4, 0.5) is 30.7 Å². The van der Waals surface area contributed by atoms with Crippen molar-refractivity contribution in [2.24, 2.45) is 0 Å². The van der Waals surface area contributed by atoms with Crippen LogP contribution in [0.5, 0.6) is 0 Å². The van der Waals surface area contributed by atoms with Gasteiger partial charge in [0.2, 0.25) is 0 Å². The van der Waals surface area contributed by atoms with Gasteiger partial charge < -0.3 is 0 Å². The van der Waals surface area contributed by atoms with Crippen molar-refractivity contribution in [3.63, 3.8) is 0 Å². The van der Waals surface area contributed by atoms with Crippen molar-refractivity contribution in [3.05, 3.63) is 34.3 Å². The zero-order chi connectivity index (χ0) is 14.4. The normalized spacial score (nSPS) is 13.8. The average molecular weight is 294 g/mol. The van der Waals surface area contributed by atoms with Gasteiger partial charge in [-0.2, -0.15) is 26.3 Å². The molecule has 18 heavy (non-hydrogen) atoms. The van der Waals surface area contributed by atoms with E-state index in [0.29, 0.717) is 0 Å². The van der Waals surface area contributed by atoms with Crippen LogP contribution in [0.3, 0.4) is 0 Å². The summed E-state index contributed by atoms with van der Waals surface area (Å²) in [6, 6.07) is 3.22. The van der Waals surface area contributed by atoms with Crippen LogP contribution in [0.1, 0.15) is 11.1 Å². The maximum Gasteiger partial charge on any atom is 0.435 e. The second-order valence-corrected chi connectivity index (χ2v) is 3.94. The van der Waals surface area contributed by atoms with Crippen molar-refractivity contribution in [2.45, 2.75) is 24.9 Å². The third-order valence-corrected chi connectivity index (χ3v) is 2.49. The van der Waals surface area contributed by atoms with Crippen molar-refractivity contribution in [1.29, 1.82) is 0 Å². The molecule has 0 saturated carbocycles. The zero-order valence-electron chi connectivity index (χ0n) is 8.68. The number of rotatable bonds is 1. The summed E-state index contributed by atoms with van der Waals surface area (Å²) in [5.41, 5.74) is -7.58. The number of aryl methyl sites for hydroxylation is 1. The molecule has 0 bridgehead atoms. The van der Waals surface area contributed by atoms with Gasteiger partial charge in [0.25, 0.3) is 0 Å². The Morgan fingerprint density at radius 2 is 1.44 bits per heavy atom. The summed E-state index contributed by atoms with van der Waals surface area (Å²) in [6.45, 7) is 0.911. The lowest BCUT2D eigenvalue weighted by Gasteiger charge is -2.31. The molecule has 0 amide bonds. The molecule has 1 aromatic rings. The first-order chi connectivity index (χ1) is 7.91. The summed E-state index contributed by atoms with van der Waals surface area (Å²) in [4.78, 5) is 0. The van der Waals surface area contributed by atoms with Crippen LogP contribution in [0.15, 0.2) is 12.1 Å². The molecule has 0 nitrogen and oxygen atoms in total. The van der Waals surface area contributed by atoms with Gasteiger partial charge in [-0.05, 0) is 24.6 Å². The Hall–Kier alpha value is -0.980. The maximum atomic E-state index is 13.7. The highest BCUT2D eigenvalue weighted by molar-refractivity contribution is 6.30. The van der Waals surface area contributed by atoms with Crippen molar-refractivity contribution in [2.75, 3.05) is 0 Å². The van der Waals surface area contributed by atoms with Crippen LogP contribution in [-0.2, 0) is 5.67 Å². The molecule has 0 atom stereocenters. The first-order valence-corrected chi connectivity index (χ1v) is 4.79. The van der Waals surface area contributed by atoms with Gasteiger partial charge in [0.15, 0.2) is 0 Å². The highest BCUT2D eigenvalue weighted by atomic mass is 35.5.